The molecule has 2 aromatic rings. The lowest BCUT2D eigenvalue weighted by molar-refractivity contribution is 0.775. The summed E-state index contributed by atoms with van der Waals surface area (Å²) in [4.78, 5) is 5.60. The van der Waals surface area contributed by atoms with Crippen LogP contribution in [0.25, 0.3) is 0 Å². The molecule has 2 rings (SSSR count). The fourth-order valence-corrected chi connectivity index (χ4v) is 2.59. The van der Waals surface area contributed by atoms with Gasteiger partial charge in [0.15, 0.2) is 0 Å². The number of likely N-dealkylation sites (N-methyl/N-ethyl adjacent to an activating group) is 1. The summed E-state index contributed by atoms with van der Waals surface area (Å²) in [5, 5.41) is 3.11. The molecule has 0 bridgehead atoms. The molecule has 0 amide bonds. The van der Waals surface area contributed by atoms with Crippen molar-refractivity contribution in [2.24, 2.45) is 0 Å². The lowest BCUT2D eigenvalue weighted by Gasteiger charge is -1.97. The van der Waals surface area contributed by atoms with Crippen LogP contribution < -0.4 is 5.32 Å². The van der Waals surface area contributed by atoms with Crippen molar-refractivity contribution in [2.75, 3.05) is 13.6 Å². The minimum atomic E-state index is 0.838. The van der Waals surface area contributed by atoms with Gasteiger partial charge in [-0.2, -0.15) is 0 Å². The third-order valence-electron chi connectivity index (χ3n) is 2.29. The molecule has 0 radical (unpaired) electrons. The number of nitrogens with one attached hydrogen (secondary N) is 1. The summed E-state index contributed by atoms with van der Waals surface area (Å²) in [6.45, 7) is 1.81. The Labute approximate surface area is 104 Å². The Bertz CT molecular complexity index is 450. The van der Waals surface area contributed by atoms with Crippen molar-refractivity contribution < 1.29 is 0 Å². The van der Waals surface area contributed by atoms with Crippen LogP contribution in [0.15, 0.2) is 24.7 Å². The first-order valence-electron chi connectivity index (χ1n) is 5.17. The predicted molar refractivity (Wildman–Crippen MR) is 68.3 cm³/mol. The highest BCUT2D eigenvalue weighted by atomic mass is 35.5. The van der Waals surface area contributed by atoms with E-state index in [1.165, 1.54) is 4.88 Å². The van der Waals surface area contributed by atoms with Crippen LogP contribution in [0.4, 0.5) is 0 Å². The van der Waals surface area contributed by atoms with E-state index < -0.39 is 0 Å². The normalized spacial score (nSPS) is 10.9. The van der Waals surface area contributed by atoms with Gasteiger partial charge < -0.3 is 9.88 Å². The number of halogens is 1. The van der Waals surface area contributed by atoms with Crippen LogP contribution in [-0.2, 0) is 13.0 Å². The topological polar surface area (TPSA) is 29.9 Å². The van der Waals surface area contributed by atoms with Crippen LogP contribution in [0.2, 0.25) is 4.34 Å². The molecule has 3 nitrogen and oxygen atoms in total. The molecule has 16 heavy (non-hydrogen) atoms. The van der Waals surface area contributed by atoms with E-state index in [1.807, 2.05) is 19.4 Å². The molecule has 0 unspecified atom stereocenters. The first kappa shape index (κ1) is 11.6. The second-order valence-electron chi connectivity index (χ2n) is 3.60. The number of aromatic nitrogens is 2. The van der Waals surface area contributed by atoms with Gasteiger partial charge in [-0.05, 0) is 19.2 Å². The number of hydrogen-bond acceptors (Lipinski definition) is 3. The van der Waals surface area contributed by atoms with Gasteiger partial charge in [0, 0.05) is 24.0 Å². The Hall–Kier alpha value is -0.840. The number of thiophene rings is 1. The first-order valence-corrected chi connectivity index (χ1v) is 6.37. The van der Waals surface area contributed by atoms with Gasteiger partial charge in [-0.3, -0.25) is 0 Å². The minimum absolute atomic E-state index is 0.838. The fraction of sp³-hybridized carbons (Fsp3) is 0.364. The number of hydrogen-bond donors (Lipinski definition) is 1. The predicted octanol–water partition coefficient (Wildman–Crippen LogP) is 2.41. The summed E-state index contributed by atoms with van der Waals surface area (Å²) < 4.78 is 2.93. The molecule has 0 fully saturated rings. The van der Waals surface area contributed by atoms with E-state index in [-0.39, 0.29) is 0 Å². The Morgan fingerprint density at radius 1 is 1.50 bits per heavy atom. The number of rotatable bonds is 5. The maximum absolute atomic E-state index is 5.89. The van der Waals surface area contributed by atoms with E-state index >= 15 is 0 Å². The molecule has 0 spiro atoms. The number of imidazole rings is 1. The monoisotopic (exact) mass is 255 g/mol. The summed E-state index contributed by atoms with van der Waals surface area (Å²) in [6.07, 6.45) is 4.93. The van der Waals surface area contributed by atoms with Crippen LogP contribution in [0, 0.1) is 0 Å². The van der Waals surface area contributed by atoms with Crippen molar-refractivity contribution in [3.63, 3.8) is 0 Å². The van der Waals surface area contributed by atoms with E-state index in [0.717, 1.165) is 29.5 Å². The summed E-state index contributed by atoms with van der Waals surface area (Å²) in [6, 6.07) is 3.99. The highest BCUT2D eigenvalue weighted by molar-refractivity contribution is 7.16. The Morgan fingerprint density at radius 3 is 3.06 bits per heavy atom. The quantitative estimate of drug-likeness (QED) is 0.889. The Balaban J connectivity index is 1.97. The lowest BCUT2D eigenvalue weighted by Crippen LogP contribution is -2.10. The molecule has 0 aliphatic carbocycles. The average Bonchev–Trinajstić information content (AvgIpc) is 2.86. The second kappa shape index (κ2) is 5.48. The van der Waals surface area contributed by atoms with Crippen molar-refractivity contribution >= 4 is 22.9 Å². The molecular weight excluding hydrogens is 242 g/mol. The van der Waals surface area contributed by atoms with Crippen molar-refractivity contribution in [1.29, 1.82) is 0 Å². The summed E-state index contributed by atoms with van der Waals surface area (Å²) >= 11 is 7.50. The van der Waals surface area contributed by atoms with Crippen molar-refractivity contribution in [2.45, 2.75) is 13.0 Å². The number of nitrogens with zero attached hydrogens (tertiary/aromatic N) is 2. The van der Waals surface area contributed by atoms with Gasteiger partial charge in [0.2, 0.25) is 0 Å². The molecule has 0 atom stereocenters. The van der Waals surface area contributed by atoms with Crippen molar-refractivity contribution in [3.05, 3.63) is 39.6 Å². The summed E-state index contributed by atoms with van der Waals surface area (Å²) in [5.74, 6) is 0. The highest BCUT2D eigenvalue weighted by Gasteiger charge is 2.01. The van der Waals surface area contributed by atoms with E-state index in [2.05, 4.69) is 27.1 Å². The smallest absolute Gasteiger partial charge is 0.0952 e. The molecule has 2 aromatic heterocycles. The van der Waals surface area contributed by atoms with Crippen molar-refractivity contribution in [3.8, 4) is 0 Å². The van der Waals surface area contributed by atoms with Crippen LogP contribution in [0.3, 0.4) is 0 Å². The van der Waals surface area contributed by atoms with Crippen molar-refractivity contribution in [1.82, 2.24) is 14.9 Å². The van der Waals surface area contributed by atoms with Crippen LogP contribution >= 0.6 is 22.9 Å². The maximum atomic E-state index is 5.89. The van der Waals surface area contributed by atoms with Gasteiger partial charge in [0.05, 0.1) is 22.9 Å². The molecule has 0 saturated heterocycles. The van der Waals surface area contributed by atoms with Crippen LogP contribution in [0.5, 0.6) is 0 Å². The third kappa shape index (κ3) is 3.07. The van der Waals surface area contributed by atoms with Crippen LogP contribution in [0.1, 0.15) is 10.6 Å². The Morgan fingerprint density at radius 2 is 2.38 bits per heavy atom. The lowest BCUT2D eigenvalue weighted by atomic mass is 10.3. The first-order chi connectivity index (χ1) is 7.78. The van der Waals surface area contributed by atoms with Gasteiger partial charge in [-0.15, -0.1) is 11.3 Å². The summed E-state index contributed by atoms with van der Waals surface area (Å²) in [7, 11) is 1.95. The van der Waals surface area contributed by atoms with Gasteiger partial charge in [-0.1, -0.05) is 11.6 Å². The van der Waals surface area contributed by atoms with Gasteiger partial charge >= 0.3 is 0 Å². The van der Waals surface area contributed by atoms with Gasteiger partial charge in [0.25, 0.3) is 0 Å². The molecule has 5 heteroatoms. The molecule has 1 N–H and O–H groups in total. The zero-order chi connectivity index (χ0) is 11.4. The highest BCUT2D eigenvalue weighted by Crippen LogP contribution is 2.22. The molecule has 0 aromatic carbocycles. The molecule has 0 aliphatic rings. The standard InChI is InChI=1S/C11H14ClN3S/c1-13-5-4-9-6-15(8-14-9)7-10-2-3-11(12)16-10/h2-3,6,8,13H,4-5,7H2,1H3. The van der Waals surface area contributed by atoms with E-state index in [9.17, 15) is 0 Å². The minimum Gasteiger partial charge on any atom is -0.332 e. The molecule has 0 aliphatic heterocycles. The SMILES string of the molecule is CNCCc1cn(Cc2ccc(Cl)s2)cn1. The van der Waals surface area contributed by atoms with E-state index in [0.29, 0.717) is 0 Å². The maximum Gasteiger partial charge on any atom is 0.0952 e. The zero-order valence-corrected chi connectivity index (χ0v) is 10.7. The van der Waals surface area contributed by atoms with Gasteiger partial charge in [0.1, 0.15) is 0 Å². The molecule has 0 saturated carbocycles. The summed E-state index contributed by atoms with van der Waals surface area (Å²) in [5.41, 5.74) is 1.12. The Kier molecular flexibility index (Phi) is 3.98. The molecule has 2 heterocycles. The van der Waals surface area contributed by atoms with Crippen LogP contribution in [-0.4, -0.2) is 23.1 Å². The largest absolute Gasteiger partial charge is 0.332 e. The molecule has 86 valence electrons. The average molecular weight is 256 g/mol. The van der Waals surface area contributed by atoms with E-state index in [1.54, 1.807) is 11.3 Å². The zero-order valence-electron chi connectivity index (χ0n) is 9.11. The van der Waals surface area contributed by atoms with E-state index in [4.69, 9.17) is 11.6 Å². The third-order valence-corrected chi connectivity index (χ3v) is 3.50. The fourth-order valence-electron chi connectivity index (χ4n) is 1.49. The molecular formula is C11H14ClN3S. The van der Waals surface area contributed by atoms with Gasteiger partial charge in [-0.25, -0.2) is 4.98 Å². The second-order valence-corrected chi connectivity index (χ2v) is 5.40.